The van der Waals surface area contributed by atoms with E-state index in [0.29, 0.717) is 24.4 Å². The first kappa shape index (κ1) is 22.7. The van der Waals surface area contributed by atoms with Crippen molar-refractivity contribution in [1.82, 2.24) is 4.72 Å². The molecule has 0 fully saturated rings. The molecule has 0 bridgehead atoms. The molecule has 0 unspecified atom stereocenters. The number of aryl methyl sites for hydroxylation is 1. The Kier molecular flexibility index (Phi) is 6.60. The van der Waals surface area contributed by atoms with Crippen LogP contribution in [0, 0.1) is 17.0 Å². The summed E-state index contributed by atoms with van der Waals surface area (Å²) in [6.45, 7) is 2.06. The molecule has 0 atom stereocenters. The van der Waals surface area contributed by atoms with Crippen LogP contribution in [0.25, 0.3) is 0 Å². The summed E-state index contributed by atoms with van der Waals surface area (Å²) in [5, 5.41) is 11.1. The van der Waals surface area contributed by atoms with Crippen LogP contribution in [0.5, 0.6) is 0 Å². The van der Waals surface area contributed by atoms with Gasteiger partial charge in [-0.3, -0.25) is 24.6 Å². The maximum atomic E-state index is 12.7. The van der Waals surface area contributed by atoms with Gasteiger partial charge in [0.05, 0.1) is 20.4 Å². The van der Waals surface area contributed by atoms with Gasteiger partial charge in [-0.25, -0.2) is 16.8 Å². The number of anilines is 1. The molecular weight excluding hydrogens is 444 g/mol. The van der Waals surface area contributed by atoms with Gasteiger partial charge in [0.1, 0.15) is 5.84 Å². The first-order valence-electron chi connectivity index (χ1n) is 9.52. The number of hydrogen-bond donors (Lipinski definition) is 2. The molecule has 10 nitrogen and oxygen atoms in total. The second kappa shape index (κ2) is 9.02. The number of rotatable bonds is 6. The lowest BCUT2D eigenvalue weighted by molar-refractivity contribution is -0.385. The van der Waals surface area contributed by atoms with Crippen molar-refractivity contribution in [3.63, 3.8) is 0 Å². The van der Waals surface area contributed by atoms with E-state index in [9.17, 15) is 26.9 Å². The zero-order valence-electron chi connectivity index (χ0n) is 16.7. The van der Waals surface area contributed by atoms with Crippen molar-refractivity contribution in [2.75, 3.05) is 11.3 Å². The average molecular weight is 467 g/mol. The van der Waals surface area contributed by atoms with Gasteiger partial charge in [-0.2, -0.15) is 0 Å². The Balaban J connectivity index is 1.85. The molecule has 2 aromatic rings. The number of nitro groups is 1. The van der Waals surface area contributed by atoms with Gasteiger partial charge in [0, 0.05) is 24.6 Å². The van der Waals surface area contributed by atoms with Crippen molar-refractivity contribution < 1.29 is 21.8 Å². The van der Waals surface area contributed by atoms with E-state index in [0.717, 1.165) is 25.3 Å². The molecule has 0 spiro atoms. The maximum absolute atomic E-state index is 12.7. The second-order valence-electron chi connectivity index (χ2n) is 7.08. The lowest BCUT2D eigenvalue weighted by Crippen LogP contribution is -2.30. The van der Waals surface area contributed by atoms with E-state index in [4.69, 9.17) is 0 Å². The molecule has 2 aromatic carbocycles. The Bertz CT molecular complexity index is 1240. The average Bonchev–Trinajstić information content (AvgIpc) is 2.96. The highest BCUT2D eigenvalue weighted by molar-refractivity contribution is 7.92. The molecule has 3 rings (SSSR count). The van der Waals surface area contributed by atoms with Crippen molar-refractivity contribution in [2.45, 2.75) is 42.4 Å². The first-order chi connectivity index (χ1) is 14.6. The van der Waals surface area contributed by atoms with Crippen LogP contribution in [-0.4, -0.2) is 34.1 Å². The van der Waals surface area contributed by atoms with Gasteiger partial charge >= 0.3 is 0 Å². The Morgan fingerprint density at radius 1 is 0.935 bits per heavy atom. The van der Waals surface area contributed by atoms with E-state index >= 15 is 0 Å². The molecule has 0 aliphatic carbocycles. The number of sulfonamides is 2. The van der Waals surface area contributed by atoms with Crippen LogP contribution in [0.4, 0.5) is 11.4 Å². The lowest BCUT2D eigenvalue weighted by atomic mass is 10.2. The van der Waals surface area contributed by atoms with Gasteiger partial charge in [-0.15, -0.1) is 0 Å². The molecule has 2 N–H and O–H groups in total. The fourth-order valence-electron chi connectivity index (χ4n) is 3.07. The van der Waals surface area contributed by atoms with Gasteiger partial charge in [-0.1, -0.05) is 18.6 Å². The van der Waals surface area contributed by atoms with Crippen molar-refractivity contribution >= 4 is 37.3 Å². The second-order valence-corrected chi connectivity index (χ2v) is 10.4. The Morgan fingerprint density at radius 3 is 2.39 bits per heavy atom. The molecule has 1 aliphatic heterocycles. The molecule has 0 amide bonds. The highest BCUT2D eigenvalue weighted by Gasteiger charge is 2.22. The maximum Gasteiger partial charge on any atom is 0.273 e. The third-order valence-corrected chi connectivity index (χ3v) is 7.47. The minimum absolute atomic E-state index is 0.00825. The molecule has 1 heterocycles. The van der Waals surface area contributed by atoms with E-state index in [1.165, 1.54) is 43.3 Å². The van der Waals surface area contributed by atoms with E-state index in [-0.39, 0.29) is 21.2 Å². The van der Waals surface area contributed by atoms with E-state index in [2.05, 4.69) is 14.4 Å². The third kappa shape index (κ3) is 5.58. The van der Waals surface area contributed by atoms with Crippen LogP contribution >= 0.6 is 0 Å². The van der Waals surface area contributed by atoms with Gasteiger partial charge in [-0.05, 0) is 44.0 Å². The zero-order chi connectivity index (χ0) is 22.6. The van der Waals surface area contributed by atoms with Gasteiger partial charge in [0.25, 0.3) is 25.7 Å². The smallest absolute Gasteiger partial charge is 0.273 e. The topological polar surface area (TPSA) is 148 Å². The minimum atomic E-state index is -4.17. The quantitative estimate of drug-likeness (QED) is 0.494. The molecule has 31 heavy (non-hydrogen) atoms. The summed E-state index contributed by atoms with van der Waals surface area (Å²) in [6.07, 6.45) is 3.24. The summed E-state index contributed by atoms with van der Waals surface area (Å²) in [7, 11) is -8.12. The molecule has 0 radical (unpaired) electrons. The number of nitrogens with one attached hydrogen (secondary N) is 2. The van der Waals surface area contributed by atoms with E-state index in [1.54, 1.807) is 0 Å². The van der Waals surface area contributed by atoms with Gasteiger partial charge < -0.3 is 0 Å². The molecule has 166 valence electrons. The molecule has 0 saturated carbocycles. The first-order valence-corrected chi connectivity index (χ1v) is 12.5. The van der Waals surface area contributed by atoms with Crippen molar-refractivity contribution in [3.8, 4) is 0 Å². The molecule has 1 aliphatic rings. The summed E-state index contributed by atoms with van der Waals surface area (Å²) < 4.78 is 55.5. The predicted molar refractivity (Wildman–Crippen MR) is 116 cm³/mol. The molecule has 0 aromatic heterocycles. The summed E-state index contributed by atoms with van der Waals surface area (Å²) in [4.78, 5) is 14.3. The summed E-state index contributed by atoms with van der Waals surface area (Å²) in [5.41, 5.74) is 0.00558. The third-order valence-electron chi connectivity index (χ3n) is 4.71. The van der Waals surface area contributed by atoms with Crippen LogP contribution in [0.3, 0.4) is 0 Å². The Hall–Kier alpha value is -2.99. The number of hydrogen-bond acceptors (Lipinski definition) is 7. The fourth-order valence-corrected chi connectivity index (χ4v) is 5.27. The van der Waals surface area contributed by atoms with Crippen LogP contribution < -0.4 is 9.44 Å². The lowest BCUT2D eigenvalue weighted by Gasteiger charge is -2.12. The number of aliphatic imine (C=N–C) groups is 1. The van der Waals surface area contributed by atoms with Crippen LogP contribution in [0.2, 0.25) is 0 Å². The van der Waals surface area contributed by atoms with Gasteiger partial charge in [0.2, 0.25) is 0 Å². The van der Waals surface area contributed by atoms with Crippen LogP contribution in [0.1, 0.15) is 31.2 Å². The number of benzene rings is 2. The summed E-state index contributed by atoms with van der Waals surface area (Å²) >= 11 is 0. The van der Waals surface area contributed by atoms with Crippen LogP contribution in [0.15, 0.2) is 57.2 Å². The highest BCUT2D eigenvalue weighted by Crippen LogP contribution is 2.25. The van der Waals surface area contributed by atoms with Crippen molar-refractivity contribution in [3.05, 3.63) is 58.1 Å². The Labute approximate surface area is 180 Å². The molecule has 0 saturated heterocycles. The fraction of sp³-hybridized carbons (Fsp3) is 0.316. The van der Waals surface area contributed by atoms with Crippen LogP contribution in [-0.2, 0) is 20.0 Å². The number of nitro benzene ring substituents is 1. The highest BCUT2D eigenvalue weighted by atomic mass is 32.2. The van der Waals surface area contributed by atoms with E-state index in [1.807, 2.05) is 0 Å². The predicted octanol–water partition coefficient (Wildman–Crippen LogP) is 2.95. The number of nitrogens with zero attached hydrogens (tertiary/aromatic N) is 2. The largest absolute Gasteiger partial charge is 0.280 e. The summed E-state index contributed by atoms with van der Waals surface area (Å²) in [5.74, 6) is 0.385. The van der Waals surface area contributed by atoms with Crippen molar-refractivity contribution in [1.29, 1.82) is 0 Å². The zero-order valence-corrected chi connectivity index (χ0v) is 18.4. The normalized spacial score (nSPS) is 14.9. The van der Waals surface area contributed by atoms with Gasteiger partial charge in [0.15, 0.2) is 0 Å². The van der Waals surface area contributed by atoms with E-state index < -0.39 is 25.0 Å². The van der Waals surface area contributed by atoms with Crippen molar-refractivity contribution in [2.24, 2.45) is 4.99 Å². The standard InChI is InChI=1S/C19H22N4O6S2/c1-14-9-10-17(13-18(14)23(24)25)30(26,27)21-15-6-5-7-16(12-15)31(28,29)22-19-8-3-2-4-11-20-19/h5-7,9-10,12-13,21H,2-4,8,11H2,1H3,(H,20,22). The monoisotopic (exact) mass is 466 g/mol. The molecular formula is C19H22N4O6S2. The number of amidine groups is 1. The SMILES string of the molecule is Cc1ccc(S(=O)(=O)Nc2cccc(S(=O)(=O)NC3=NCCCCC3)c2)cc1[N+](=O)[O-]. The Morgan fingerprint density at radius 2 is 1.65 bits per heavy atom. The molecule has 12 heteroatoms. The minimum Gasteiger partial charge on any atom is -0.280 e. The summed E-state index contributed by atoms with van der Waals surface area (Å²) in [6, 6.07) is 8.86.